The predicted octanol–water partition coefficient (Wildman–Crippen LogP) is 3.34. The van der Waals surface area contributed by atoms with Gasteiger partial charge in [-0.1, -0.05) is 37.1 Å². The number of rotatable bonds is 3. The summed E-state index contributed by atoms with van der Waals surface area (Å²) in [4.78, 5) is 0. The minimum atomic E-state index is 0.411. The summed E-state index contributed by atoms with van der Waals surface area (Å²) in [7, 11) is 0. The van der Waals surface area contributed by atoms with Crippen molar-refractivity contribution in [1.82, 2.24) is 20.4 Å². The quantitative estimate of drug-likeness (QED) is 0.798. The van der Waals surface area contributed by atoms with Gasteiger partial charge in [-0.2, -0.15) is 0 Å². The highest BCUT2D eigenvalue weighted by molar-refractivity contribution is 5.98. The van der Waals surface area contributed by atoms with Crippen LogP contribution in [0.4, 0.5) is 5.82 Å². The van der Waals surface area contributed by atoms with E-state index < -0.39 is 0 Å². The highest BCUT2D eigenvalue weighted by Gasteiger charge is 2.19. The van der Waals surface area contributed by atoms with Crippen LogP contribution < -0.4 is 5.32 Å². The molecule has 0 radical (unpaired) electrons. The third kappa shape index (κ3) is 2.30. The summed E-state index contributed by atoms with van der Waals surface area (Å²) >= 11 is 0. The molecule has 112 valence electrons. The number of aromatic nitrogens is 4. The molecule has 3 aromatic rings. The van der Waals surface area contributed by atoms with Gasteiger partial charge >= 0.3 is 0 Å². The molecule has 1 aliphatic rings. The van der Waals surface area contributed by atoms with E-state index in [1.807, 2.05) is 24.3 Å². The zero-order valence-electron chi connectivity index (χ0n) is 12.4. The molecular weight excluding hydrogens is 278 g/mol. The molecule has 1 N–H and O–H groups in total. The lowest BCUT2D eigenvalue weighted by Crippen LogP contribution is -2.16. The molecule has 6 nitrogen and oxygen atoms in total. The van der Waals surface area contributed by atoms with E-state index in [0.717, 1.165) is 16.6 Å². The van der Waals surface area contributed by atoms with Crippen molar-refractivity contribution in [2.24, 2.45) is 0 Å². The van der Waals surface area contributed by atoms with Gasteiger partial charge in [-0.25, -0.2) is 0 Å². The van der Waals surface area contributed by atoms with Crippen LogP contribution in [0, 0.1) is 6.92 Å². The molecule has 22 heavy (non-hydrogen) atoms. The van der Waals surface area contributed by atoms with Gasteiger partial charge in [0, 0.05) is 23.7 Å². The lowest BCUT2D eigenvalue weighted by Gasteiger charge is -2.14. The average molecular weight is 295 g/mol. The summed E-state index contributed by atoms with van der Waals surface area (Å²) in [5.41, 5.74) is 0.633. The van der Waals surface area contributed by atoms with Gasteiger partial charge in [0.2, 0.25) is 5.89 Å². The van der Waals surface area contributed by atoms with Gasteiger partial charge in [0.15, 0.2) is 11.5 Å². The van der Waals surface area contributed by atoms with Crippen LogP contribution in [-0.2, 0) is 0 Å². The van der Waals surface area contributed by atoms with E-state index in [1.54, 1.807) is 6.92 Å². The summed E-state index contributed by atoms with van der Waals surface area (Å²) in [6.07, 6.45) is 4.95. The Morgan fingerprint density at radius 1 is 1.00 bits per heavy atom. The summed E-state index contributed by atoms with van der Waals surface area (Å²) < 4.78 is 5.51. The van der Waals surface area contributed by atoms with Crippen LogP contribution in [-0.4, -0.2) is 26.4 Å². The lowest BCUT2D eigenvalue weighted by molar-refractivity contribution is 0.531. The second-order valence-electron chi connectivity index (χ2n) is 5.69. The zero-order valence-corrected chi connectivity index (χ0v) is 12.4. The summed E-state index contributed by atoms with van der Waals surface area (Å²) in [6, 6.07) is 8.55. The molecule has 1 fully saturated rings. The predicted molar refractivity (Wildman–Crippen MR) is 83.4 cm³/mol. The second kappa shape index (κ2) is 5.36. The average Bonchev–Trinajstić information content (AvgIpc) is 3.19. The van der Waals surface area contributed by atoms with Crippen LogP contribution in [0.15, 0.2) is 28.7 Å². The topological polar surface area (TPSA) is 76.7 Å². The van der Waals surface area contributed by atoms with Gasteiger partial charge in [0.1, 0.15) is 0 Å². The first kappa shape index (κ1) is 13.2. The van der Waals surface area contributed by atoms with E-state index in [1.165, 1.54) is 25.7 Å². The number of aryl methyl sites for hydroxylation is 1. The van der Waals surface area contributed by atoms with Crippen LogP contribution in [0.5, 0.6) is 0 Å². The molecule has 0 bridgehead atoms. The number of nitrogens with zero attached hydrogens (tertiary/aromatic N) is 4. The molecule has 1 aliphatic carbocycles. The summed E-state index contributed by atoms with van der Waals surface area (Å²) in [6.45, 7) is 1.77. The number of benzene rings is 1. The van der Waals surface area contributed by atoms with Crippen molar-refractivity contribution >= 4 is 16.6 Å². The van der Waals surface area contributed by atoms with Crippen LogP contribution in [0.25, 0.3) is 22.4 Å². The van der Waals surface area contributed by atoms with E-state index in [0.29, 0.717) is 23.5 Å². The molecule has 0 saturated heterocycles. The summed E-state index contributed by atoms with van der Waals surface area (Å²) in [5, 5.41) is 22.2. The fraction of sp³-hybridized carbons (Fsp3) is 0.375. The summed E-state index contributed by atoms with van der Waals surface area (Å²) in [5.74, 6) is 1.77. The number of anilines is 1. The first-order chi connectivity index (χ1) is 10.8. The van der Waals surface area contributed by atoms with Crippen molar-refractivity contribution in [2.45, 2.75) is 38.6 Å². The SMILES string of the molecule is Cc1nnc(-c2nnc(NC3CCCC3)c3ccccc23)o1. The standard InChI is InChI=1S/C16H17N5O/c1-10-18-21-16(22-10)14-12-8-4-5-9-13(12)15(20-19-14)17-11-6-2-3-7-11/h4-5,8-9,11H,2-3,6-7H2,1H3,(H,17,20). The Morgan fingerprint density at radius 2 is 1.77 bits per heavy atom. The third-order valence-electron chi connectivity index (χ3n) is 4.11. The third-order valence-corrected chi connectivity index (χ3v) is 4.11. The molecule has 2 aromatic heterocycles. The minimum absolute atomic E-state index is 0.411. The van der Waals surface area contributed by atoms with Gasteiger partial charge in [0.05, 0.1) is 0 Å². The fourth-order valence-electron chi connectivity index (χ4n) is 3.02. The Balaban J connectivity index is 1.80. The molecule has 0 amide bonds. The second-order valence-corrected chi connectivity index (χ2v) is 5.69. The minimum Gasteiger partial charge on any atom is -0.420 e. The molecule has 6 heteroatoms. The molecule has 4 rings (SSSR count). The monoisotopic (exact) mass is 295 g/mol. The van der Waals surface area contributed by atoms with Crippen molar-refractivity contribution in [3.8, 4) is 11.6 Å². The van der Waals surface area contributed by atoms with E-state index >= 15 is 0 Å². The van der Waals surface area contributed by atoms with E-state index in [2.05, 4.69) is 25.7 Å². The lowest BCUT2D eigenvalue weighted by atomic mass is 10.1. The Kier molecular flexibility index (Phi) is 3.21. The maximum absolute atomic E-state index is 5.51. The van der Waals surface area contributed by atoms with Crippen LogP contribution in [0.1, 0.15) is 31.6 Å². The van der Waals surface area contributed by atoms with Crippen molar-refractivity contribution in [1.29, 1.82) is 0 Å². The molecule has 1 aromatic carbocycles. The van der Waals surface area contributed by atoms with Crippen LogP contribution in [0.2, 0.25) is 0 Å². The van der Waals surface area contributed by atoms with Crippen LogP contribution in [0.3, 0.4) is 0 Å². The molecule has 0 spiro atoms. The zero-order chi connectivity index (χ0) is 14.9. The Morgan fingerprint density at radius 3 is 2.50 bits per heavy atom. The van der Waals surface area contributed by atoms with Gasteiger partial charge in [-0.3, -0.25) is 0 Å². The molecular formula is C16H17N5O. The van der Waals surface area contributed by atoms with Crippen molar-refractivity contribution in [2.75, 3.05) is 5.32 Å². The largest absolute Gasteiger partial charge is 0.420 e. The van der Waals surface area contributed by atoms with E-state index in [9.17, 15) is 0 Å². The highest BCUT2D eigenvalue weighted by Crippen LogP contribution is 2.30. The van der Waals surface area contributed by atoms with Gasteiger partial charge in [0.25, 0.3) is 5.89 Å². The first-order valence-corrected chi connectivity index (χ1v) is 7.64. The number of hydrogen-bond donors (Lipinski definition) is 1. The number of fused-ring (bicyclic) bond motifs is 1. The van der Waals surface area contributed by atoms with Gasteiger partial charge < -0.3 is 9.73 Å². The van der Waals surface area contributed by atoms with Crippen LogP contribution >= 0.6 is 0 Å². The maximum Gasteiger partial charge on any atom is 0.268 e. The molecule has 0 atom stereocenters. The normalized spacial score (nSPS) is 15.5. The van der Waals surface area contributed by atoms with E-state index in [4.69, 9.17) is 4.42 Å². The molecule has 0 unspecified atom stereocenters. The smallest absolute Gasteiger partial charge is 0.268 e. The maximum atomic E-state index is 5.51. The molecule has 1 saturated carbocycles. The molecule has 2 heterocycles. The Labute approximate surface area is 128 Å². The number of nitrogens with one attached hydrogen (secondary N) is 1. The van der Waals surface area contributed by atoms with Crippen molar-refractivity contribution in [3.05, 3.63) is 30.2 Å². The highest BCUT2D eigenvalue weighted by atomic mass is 16.4. The van der Waals surface area contributed by atoms with Crippen molar-refractivity contribution in [3.63, 3.8) is 0 Å². The fourth-order valence-corrected chi connectivity index (χ4v) is 3.02. The Bertz CT molecular complexity index is 807. The van der Waals surface area contributed by atoms with E-state index in [-0.39, 0.29) is 0 Å². The molecule has 0 aliphatic heterocycles. The first-order valence-electron chi connectivity index (χ1n) is 7.64. The van der Waals surface area contributed by atoms with Gasteiger partial charge in [-0.15, -0.1) is 20.4 Å². The Hall–Kier alpha value is -2.50. The van der Waals surface area contributed by atoms with Gasteiger partial charge in [-0.05, 0) is 12.8 Å². The van der Waals surface area contributed by atoms with Crippen molar-refractivity contribution < 1.29 is 4.42 Å². The number of hydrogen-bond acceptors (Lipinski definition) is 6.